The minimum atomic E-state index is -2.96. The average Bonchev–Trinajstić information content (AvgIpc) is 2.57. The number of guanidine groups is 1. The number of carbonyl (C=O) groups is 1. The largest absolute Gasteiger partial charge is 0.354 e. The van der Waals surface area contributed by atoms with E-state index in [4.69, 9.17) is 0 Å². The summed E-state index contributed by atoms with van der Waals surface area (Å²) in [5.74, 6) is 0.779. The third-order valence-electron chi connectivity index (χ3n) is 3.70. The van der Waals surface area contributed by atoms with Gasteiger partial charge in [-0.05, 0) is 37.5 Å². The zero-order valence-electron chi connectivity index (χ0n) is 16.4. The number of amides is 1. The number of hydrogen-bond donors (Lipinski definition) is 3. The molecule has 0 saturated carbocycles. The lowest BCUT2D eigenvalue weighted by molar-refractivity contribution is -0.116. The van der Waals surface area contributed by atoms with Crippen molar-refractivity contribution < 1.29 is 13.2 Å². The Bertz CT molecular complexity index is 706. The summed E-state index contributed by atoms with van der Waals surface area (Å²) >= 11 is 0. The molecule has 9 heteroatoms. The number of benzene rings is 1. The monoisotopic (exact) mass is 510 g/mol. The first-order valence-corrected chi connectivity index (χ1v) is 10.8. The highest BCUT2D eigenvalue weighted by molar-refractivity contribution is 14.0. The van der Waals surface area contributed by atoms with E-state index in [1.54, 1.807) is 7.05 Å². The SMILES string of the molecule is CCCC(=O)Nc1ccc(CNC(=NC)NC(C)CCS(C)(=O)=O)cc1.I. The predicted molar refractivity (Wildman–Crippen MR) is 123 cm³/mol. The molecule has 154 valence electrons. The molecule has 1 amide bonds. The minimum Gasteiger partial charge on any atom is -0.354 e. The van der Waals surface area contributed by atoms with Crippen molar-refractivity contribution in [3.05, 3.63) is 29.8 Å². The molecule has 0 aliphatic heterocycles. The Labute approximate surface area is 179 Å². The topological polar surface area (TPSA) is 99.7 Å². The van der Waals surface area contributed by atoms with Gasteiger partial charge in [-0.15, -0.1) is 24.0 Å². The Hall–Kier alpha value is -1.36. The summed E-state index contributed by atoms with van der Waals surface area (Å²) in [6.07, 6.45) is 3.10. The second-order valence-corrected chi connectivity index (χ2v) is 8.64. The van der Waals surface area contributed by atoms with Gasteiger partial charge in [0.05, 0.1) is 5.75 Å². The lowest BCUT2D eigenvalue weighted by Crippen LogP contribution is -2.42. The van der Waals surface area contributed by atoms with Crippen LogP contribution in [0.3, 0.4) is 0 Å². The van der Waals surface area contributed by atoms with Gasteiger partial charge in [0.15, 0.2) is 5.96 Å². The minimum absolute atomic E-state index is 0. The van der Waals surface area contributed by atoms with Crippen LogP contribution >= 0.6 is 24.0 Å². The molecule has 27 heavy (non-hydrogen) atoms. The first-order chi connectivity index (χ1) is 12.2. The fourth-order valence-corrected chi connectivity index (χ4v) is 3.02. The van der Waals surface area contributed by atoms with Gasteiger partial charge in [-0.25, -0.2) is 8.42 Å². The number of nitrogens with zero attached hydrogens (tertiary/aromatic N) is 1. The van der Waals surface area contributed by atoms with Gasteiger partial charge in [0.25, 0.3) is 0 Å². The van der Waals surface area contributed by atoms with Crippen molar-refractivity contribution in [3.63, 3.8) is 0 Å². The Morgan fingerprint density at radius 2 is 1.85 bits per heavy atom. The second-order valence-electron chi connectivity index (χ2n) is 6.38. The third kappa shape index (κ3) is 11.9. The maximum Gasteiger partial charge on any atom is 0.224 e. The van der Waals surface area contributed by atoms with Crippen LogP contribution in [0.5, 0.6) is 0 Å². The quantitative estimate of drug-likeness (QED) is 0.270. The van der Waals surface area contributed by atoms with Crippen molar-refractivity contribution >= 4 is 51.4 Å². The van der Waals surface area contributed by atoms with Crippen molar-refractivity contribution in [3.8, 4) is 0 Å². The zero-order chi connectivity index (χ0) is 19.6. The Morgan fingerprint density at radius 1 is 1.22 bits per heavy atom. The molecule has 1 unspecified atom stereocenters. The van der Waals surface area contributed by atoms with Crippen LogP contribution in [0.2, 0.25) is 0 Å². The summed E-state index contributed by atoms with van der Waals surface area (Å²) < 4.78 is 22.5. The number of anilines is 1. The van der Waals surface area contributed by atoms with Crippen LogP contribution in [-0.2, 0) is 21.2 Å². The number of sulfone groups is 1. The molecule has 0 aromatic heterocycles. The highest BCUT2D eigenvalue weighted by Crippen LogP contribution is 2.10. The number of nitrogens with one attached hydrogen (secondary N) is 3. The second kappa shape index (κ2) is 12.9. The summed E-state index contributed by atoms with van der Waals surface area (Å²) in [5.41, 5.74) is 1.83. The van der Waals surface area contributed by atoms with E-state index in [2.05, 4.69) is 20.9 Å². The molecule has 0 radical (unpaired) electrons. The first-order valence-electron chi connectivity index (χ1n) is 8.77. The molecule has 0 heterocycles. The van der Waals surface area contributed by atoms with Gasteiger partial charge in [0.2, 0.25) is 5.91 Å². The van der Waals surface area contributed by atoms with Crippen molar-refractivity contribution in [2.75, 3.05) is 24.4 Å². The molecule has 0 fully saturated rings. The Morgan fingerprint density at radius 3 is 2.37 bits per heavy atom. The van der Waals surface area contributed by atoms with E-state index in [9.17, 15) is 13.2 Å². The highest BCUT2D eigenvalue weighted by Gasteiger charge is 2.09. The van der Waals surface area contributed by atoms with E-state index in [0.29, 0.717) is 25.3 Å². The number of halogens is 1. The summed E-state index contributed by atoms with van der Waals surface area (Å²) in [4.78, 5) is 15.7. The van der Waals surface area contributed by atoms with Crippen molar-refractivity contribution in [2.45, 2.75) is 45.7 Å². The highest BCUT2D eigenvalue weighted by atomic mass is 127. The van der Waals surface area contributed by atoms with Crippen LogP contribution in [0.15, 0.2) is 29.3 Å². The van der Waals surface area contributed by atoms with Gasteiger partial charge < -0.3 is 16.0 Å². The lowest BCUT2D eigenvalue weighted by atomic mass is 10.2. The average molecular weight is 510 g/mol. The molecule has 3 N–H and O–H groups in total. The summed E-state index contributed by atoms with van der Waals surface area (Å²) in [6, 6.07) is 7.61. The maximum absolute atomic E-state index is 11.6. The van der Waals surface area contributed by atoms with Gasteiger partial charge in [-0.2, -0.15) is 0 Å². The Kier molecular flexibility index (Phi) is 12.3. The zero-order valence-corrected chi connectivity index (χ0v) is 19.6. The predicted octanol–water partition coefficient (Wildman–Crippen LogP) is 2.53. The molecule has 1 atom stereocenters. The number of carbonyl (C=O) groups excluding carboxylic acids is 1. The van der Waals surface area contributed by atoms with E-state index >= 15 is 0 Å². The van der Waals surface area contributed by atoms with Crippen LogP contribution < -0.4 is 16.0 Å². The fraction of sp³-hybridized carbons (Fsp3) is 0.556. The van der Waals surface area contributed by atoms with Gasteiger partial charge in [0, 0.05) is 38.0 Å². The molecule has 7 nitrogen and oxygen atoms in total. The fourth-order valence-electron chi connectivity index (χ4n) is 2.23. The van der Waals surface area contributed by atoms with Gasteiger partial charge in [-0.1, -0.05) is 19.1 Å². The molecule has 0 spiro atoms. The molecule has 1 rings (SSSR count). The first kappa shape index (κ1) is 25.6. The molecule has 0 aliphatic carbocycles. The molecular weight excluding hydrogens is 479 g/mol. The van der Waals surface area contributed by atoms with Crippen LogP contribution in [-0.4, -0.2) is 45.4 Å². The van der Waals surface area contributed by atoms with E-state index in [1.165, 1.54) is 6.26 Å². The van der Waals surface area contributed by atoms with Crippen LogP contribution in [0.25, 0.3) is 0 Å². The van der Waals surface area contributed by atoms with Crippen molar-refractivity contribution in [1.82, 2.24) is 10.6 Å². The number of hydrogen-bond acceptors (Lipinski definition) is 4. The molecular formula is C18H31IN4O3S. The summed E-state index contributed by atoms with van der Waals surface area (Å²) in [7, 11) is -1.29. The van der Waals surface area contributed by atoms with Crippen LogP contribution in [0.1, 0.15) is 38.7 Å². The normalized spacial score (nSPS) is 12.7. The summed E-state index contributed by atoms with van der Waals surface area (Å²) in [6.45, 7) is 4.46. The molecule has 0 saturated heterocycles. The number of rotatable bonds is 9. The van der Waals surface area contributed by atoms with Crippen LogP contribution in [0, 0.1) is 0 Å². The van der Waals surface area contributed by atoms with Gasteiger partial charge >= 0.3 is 0 Å². The maximum atomic E-state index is 11.6. The third-order valence-corrected chi connectivity index (χ3v) is 4.68. The lowest BCUT2D eigenvalue weighted by Gasteiger charge is -2.17. The van der Waals surface area contributed by atoms with E-state index in [-0.39, 0.29) is 41.7 Å². The van der Waals surface area contributed by atoms with Crippen molar-refractivity contribution in [1.29, 1.82) is 0 Å². The smallest absolute Gasteiger partial charge is 0.224 e. The van der Waals surface area contributed by atoms with E-state index < -0.39 is 9.84 Å². The number of aliphatic imine (C=N–C) groups is 1. The van der Waals surface area contributed by atoms with Crippen molar-refractivity contribution in [2.24, 2.45) is 4.99 Å². The van der Waals surface area contributed by atoms with E-state index in [0.717, 1.165) is 17.7 Å². The van der Waals surface area contributed by atoms with Gasteiger partial charge in [0.1, 0.15) is 9.84 Å². The standard InChI is InChI=1S/C18H30N4O3S.HI/c1-5-6-17(23)22-16-9-7-15(8-10-16)13-20-18(19-3)21-14(2)11-12-26(4,24)25;/h7-10,14H,5-6,11-13H2,1-4H3,(H,22,23)(H2,19,20,21);1H. The van der Waals surface area contributed by atoms with Gasteiger partial charge in [-0.3, -0.25) is 9.79 Å². The van der Waals surface area contributed by atoms with Crippen LogP contribution in [0.4, 0.5) is 5.69 Å². The molecule has 0 bridgehead atoms. The molecule has 1 aromatic rings. The molecule has 0 aliphatic rings. The molecule has 1 aromatic carbocycles. The Balaban J connectivity index is 0.00000676. The van der Waals surface area contributed by atoms with E-state index in [1.807, 2.05) is 38.1 Å². The summed E-state index contributed by atoms with van der Waals surface area (Å²) in [5, 5.41) is 9.23.